The van der Waals surface area contributed by atoms with E-state index in [1.54, 1.807) is 12.4 Å². The number of benzene rings is 2. The Hall–Kier alpha value is -3.06. The molecule has 0 aromatic heterocycles. The zero-order valence-corrected chi connectivity index (χ0v) is 19.4. The van der Waals surface area contributed by atoms with Crippen molar-refractivity contribution in [3.05, 3.63) is 59.7 Å². The van der Waals surface area contributed by atoms with E-state index in [9.17, 15) is 0 Å². The van der Waals surface area contributed by atoms with Crippen LogP contribution in [0, 0.1) is 0 Å². The molecule has 2 fully saturated rings. The van der Waals surface area contributed by atoms with Gasteiger partial charge in [0.1, 0.15) is 11.5 Å². The maximum absolute atomic E-state index is 5.98. The summed E-state index contributed by atoms with van der Waals surface area (Å²) in [5, 5.41) is 8.30. The van der Waals surface area contributed by atoms with Crippen LogP contribution < -0.4 is 20.3 Å². The smallest absolute Gasteiger partial charge is 0.250 e. The fourth-order valence-corrected chi connectivity index (χ4v) is 4.14. The second-order valence-corrected chi connectivity index (χ2v) is 8.53. The van der Waals surface area contributed by atoms with Crippen molar-refractivity contribution in [3.63, 3.8) is 0 Å². The highest BCUT2D eigenvalue weighted by Gasteiger charge is 2.17. The lowest BCUT2D eigenvalue weighted by Gasteiger charge is -2.12. The van der Waals surface area contributed by atoms with Crippen molar-refractivity contribution < 1.29 is 9.47 Å². The first-order valence-electron chi connectivity index (χ1n) is 11.6. The monoisotopic (exact) mass is 467 g/mol. The summed E-state index contributed by atoms with van der Waals surface area (Å²) in [7, 11) is 0. The quantitative estimate of drug-likeness (QED) is 0.310. The van der Waals surface area contributed by atoms with Crippen LogP contribution in [0.1, 0.15) is 62.5 Å². The van der Waals surface area contributed by atoms with E-state index in [0.29, 0.717) is 12.2 Å². The van der Waals surface area contributed by atoms with E-state index in [2.05, 4.69) is 25.6 Å². The van der Waals surface area contributed by atoms with Crippen LogP contribution in [0.2, 0.25) is 0 Å². The molecule has 0 saturated heterocycles. The fraction of sp³-hybridized carbons (Fsp3) is 0.400. The van der Waals surface area contributed by atoms with Gasteiger partial charge in [0.25, 0.3) is 0 Å². The summed E-state index contributed by atoms with van der Waals surface area (Å²) in [6.07, 6.45) is 13.6. The van der Waals surface area contributed by atoms with E-state index in [4.69, 9.17) is 21.3 Å². The molecule has 174 valence electrons. The lowest BCUT2D eigenvalue weighted by molar-refractivity contribution is 0.210. The van der Waals surface area contributed by atoms with E-state index in [0.717, 1.165) is 48.3 Å². The topological polar surface area (TPSA) is 79.6 Å². The van der Waals surface area contributed by atoms with Crippen LogP contribution in [-0.2, 0) is 0 Å². The van der Waals surface area contributed by atoms with Crippen molar-refractivity contribution >= 4 is 30.2 Å². The van der Waals surface area contributed by atoms with Gasteiger partial charge in [0.05, 0.1) is 24.6 Å². The number of rotatable bonds is 8. The Labute approximate surface area is 200 Å². The first-order valence-corrected chi connectivity index (χ1v) is 11.9. The minimum Gasteiger partial charge on any atom is -0.490 e. The van der Waals surface area contributed by atoms with Crippen molar-refractivity contribution in [2.45, 2.75) is 63.6 Å². The fourth-order valence-electron chi connectivity index (χ4n) is 4.06. The van der Waals surface area contributed by atoms with Crippen molar-refractivity contribution in [2.24, 2.45) is 14.7 Å². The summed E-state index contributed by atoms with van der Waals surface area (Å²) in [6, 6.07) is 15.7. The van der Waals surface area contributed by atoms with Gasteiger partial charge in [-0.15, -0.1) is 4.51 Å². The molecule has 2 aliphatic rings. The summed E-state index contributed by atoms with van der Waals surface area (Å²) < 4.78 is 15.5. The van der Waals surface area contributed by atoms with Crippen LogP contribution in [0.15, 0.2) is 63.2 Å². The Morgan fingerprint density at radius 1 is 0.697 bits per heavy atom. The van der Waals surface area contributed by atoms with E-state index in [1.807, 2.05) is 48.5 Å². The molecule has 8 heteroatoms. The van der Waals surface area contributed by atoms with Gasteiger partial charge in [-0.25, -0.2) is 10.9 Å². The second-order valence-electron chi connectivity index (χ2n) is 8.36. The van der Waals surface area contributed by atoms with Crippen molar-refractivity contribution in [1.82, 2.24) is 10.9 Å². The summed E-state index contributed by atoms with van der Waals surface area (Å²) in [6.45, 7) is 0. The van der Waals surface area contributed by atoms with Crippen molar-refractivity contribution in [1.29, 1.82) is 0 Å². The Balaban J connectivity index is 1.20. The maximum atomic E-state index is 5.98. The molecule has 0 spiro atoms. The molecule has 0 amide bonds. The third-order valence-corrected chi connectivity index (χ3v) is 5.99. The predicted octanol–water partition coefficient (Wildman–Crippen LogP) is 5.39. The van der Waals surface area contributed by atoms with Crippen LogP contribution in [0.5, 0.6) is 11.5 Å². The Bertz CT molecular complexity index is 872. The van der Waals surface area contributed by atoms with E-state index in [-0.39, 0.29) is 5.96 Å². The summed E-state index contributed by atoms with van der Waals surface area (Å²) in [4.78, 5) is 0. The van der Waals surface area contributed by atoms with Gasteiger partial charge in [-0.1, -0.05) is 0 Å². The lowest BCUT2D eigenvalue weighted by Crippen LogP contribution is -2.30. The van der Waals surface area contributed by atoms with Gasteiger partial charge >= 0.3 is 0 Å². The molecule has 0 bridgehead atoms. The molecular weight excluding hydrogens is 438 g/mol. The third kappa shape index (κ3) is 7.49. The number of hydrogen-bond donors (Lipinski definition) is 2. The number of guanidine groups is 1. The Morgan fingerprint density at radius 2 is 1.09 bits per heavy atom. The number of nitrogens with zero attached hydrogens (tertiary/aromatic N) is 3. The summed E-state index contributed by atoms with van der Waals surface area (Å²) in [5.41, 5.74) is 7.34. The molecule has 7 nitrogen and oxygen atoms in total. The molecule has 2 saturated carbocycles. The first-order chi connectivity index (χ1) is 16.3. The molecule has 4 rings (SSSR count). The number of nitrogens with one attached hydrogen (secondary N) is 2. The van der Waals surface area contributed by atoms with Crippen LogP contribution in [-0.4, -0.2) is 30.6 Å². The van der Waals surface area contributed by atoms with Gasteiger partial charge in [0.15, 0.2) is 0 Å². The van der Waals surface area contributed by atoms with Gasteiger partial charge < -0.3 is 9.47 Å². The van der Waals surface area contributed by atoms with Gasteiger partial charge in [-0.05, 0) is 111 Å². The minimum absolute atomic E-state index is 0.214. The summed E-state index contributed by atoms with van der Waals surface area (Å²) in [5.74, 6) is 2.00. The average Bonchev–Trinajstić information content (AvgIpc) is 3.55. The molecule has 2 N–H and O–H groups in total. The number of ether oxygens (including phenoxy) is 2. The highest BCUT2D eigenvalue weighted by molar-refractivity contribution is 6.19. The molecule has 2 aliphatic carbocycles. The molecule has 0 atom stereocenters. The molecular formula is C25H30ClN5O2. The lowest BCUT2D eigenvalue weighted by atomic mass is 10.2. The molecule has 2 aromatic carbocycles. The second kappa shape index (κ2) is 12.3. The molecule has 0 radical (unpaired) electrons. The van der Waals surface area contributed by atoms with Gasteiger partial charge in [-0.2, -0.15) is 10.2 Å². The molecule has 2 aromatic rings. The van der Waals surface area contributed by atoms with Crippen molar-refractivity contribution in [2.75, 3.05) is 0 Å². The first kappa shape index (κ1) is 23.1. The van der Waals surface area contributed by atoms with Crippen LogP contribution in [0.25, 0.3) is 0 Å². The van der Waals surface area contributed by atoms with E-state index >= 15 is 0 Å². The van der Waals surface area contributed by atoms with Gasteiger partial charge in [0, 0.05) is 11.8 Å². The highest BCUT2D eigenvalue weighted by atomic mass is 35.5. The van der Waals surface area contributed by atoms with E-state index < -0.39 is 0 Å². The summed E-state index contributed by atoms with van der Waals surface area (Å²) >= 11 is 5.62. The third-order valence-electron chi connectivity index (χ3n) is 5.82. The molecule has 0 aliphatic heterocycles. The maximum Gasteiger partial charge on any atom is 0.250 e. The van der Waals surface area contributed by atoms with Crippen LogP contribution in [0.3, 0.4) is 0 Å². The predicted molar refractivity (Wildman–Crippen MR) is 133 cm³/mol. The van der Waals surface area contributed by atoms with Gasteiger partial charge in [-0.3, -0.25) is 0 Å². The minimum atomic E-state index is 0.214. The average molecular weight is 468 g/mol. The van der Waals surface area contributed by atoms with Gasteiger partial charge in [0.2, 0.25) is 5.96 Å². The van der Waals surface area contributed by atoms with Crippen molar-refractivity contribution in [3.8, 4) is 11.5 Å². The standard InChI is InChI=1S/C25H30ClN5O2/c26-29-25(30-27-17-19-9-13-23(14-10-19)32-21-5-1-2-6-21)31-28-18-20-11-15-24(16-12-20)33-22-7-3-4-8-22/h9-18,21-22H,1-8H2,(H2,29,30,31)/b27-17+,28-18+. The highest BCUT2D eigenvalue weighted by Crippen LogP contribution is 2.25. The zero-order valence-electron chi connectivity index (χ0n) is 18.6. The molecule has 0 unspecified atom stereocenters. The zero-order chi connectivity index (χ0) is 22.7. The SMILES string of the molecule is ClN=C(N/N=C/c1ccc(OC2CCCC2)cc1)N/N=C/c1ccc(OC2CCCC2)cc1. The normalized spacial score (nSPS) is 17.0. The number of hydrazone groups is 2. The van der Waals surface area contributed by atoms with E-state index in [1.165, 1.54) is 25.7 Å². The Kier molecular flexibility index (Phi) is 8.58. The molecule has 0 heterocycles. The van der Waals surface area contributed by atoms with Crippen LogP contribution in [0.4, 0.5) is 0 Å². The van der Waals surface area contributed by atoms with Crippen LogP contribution >= 0.6 is 11.8 Å². The number of halogens is 1. The Morgan fingerprint density at radius 3 is 1.45 bits per heavy atom. The molecule has 33 heavy (non-hydrogen) atoms. The largest absolute Gasteiger partial charge is 0.490 e. The number of hydrogen-bond acceptors (Lipinski definition) is 5.